The topological polar surface area (TPSA) is 54.9 Å². The average molecular weight is 277 g/mol. The Bertz CT molecular complexity index is 827. The number of fused-ring (bicyclic) bond motifs is 1. The van der Waals surface area contributed by atoms with Gasteiger partial charge < -0.3 is 5.32 Å². The highest BCUT2D eigenvalue weighted by Gasteiger charge is 2.07. The first kappa shape index (κ1) is 13.2. The van der Waals surface area contributed by atoms with Crippen LogP contribution < -0.4 is 5.32 Å². The molecule has 21 heavy (non-hydrogen) atoms. The van der Waals surface area contributed by atoms with Crippen molar-refractivity contribution in [3.05, 3.63) is 54.0 Å². The lowest BCUT2D eigenvalue weighted by atomic mass is 9.97. The van der Waals surface area contributed by atoms with Gasteiger partial charge in [-0.25, -0.2) is 4.98 Å². The number of rotatable bonds is 3. The highest BCUT2D eigenvalue weighted by Crippen LogP contribution is 2.29. The molecule has 0 aliphatic heterocycles. The summed E-state index contributed by atoms with van der Waals surface area (Å²) in [6, 6.07) is 8.12. The zero-order valence-electron chi connectivity index (χ0n) is 11.9. The van der Waals surface area contributed by atoms with E-state index in [0.717, 1.165) is 27.5 Å². The predicted octanol–water partition coefficient (Wildman–Crippen LogP) is 3.48. The molecule has 1 aromatic carbocycles. The quantitative estimate of drug-likeness (QED) is 0.746. The van der Waals surface area contributed by atoms with Gasteiger partial charge in [0, 0.05) is 29.5 Å². The Morgan fingerprint density at radius 2 is 1.95 bits per heavy atom. The summed E-state index contributed by atoms with van der Waals surface area (Å²) in [4.78, 5) is 19.0. The second kappa shape index (κ2) is 5.32. The van der Waals surface area contributed by atoms with Gasteiger partial charge in [-0.2, -0.15) is 0 Å². The molecule has 0 unspecified atom stereocenters. The van der Waals surface area contributed by atoms with E-state index >= 15 is 0 Å². The molecule has 1 amide bonds. The van der Waals surface area contributed by atoms with Crippen molar-refractivity contribution in [2.45, 2.75) is 13.8 Å². The molecule has 2 heterocycles. The lowest BCUT2D eigenvalue weighted by Crippen LogP contribution is -1.96. The van der Waals surface area contributed by atoms with Gasteiger partial charge in [-0.05, 0) is 54.1 Å². The van der Waals surface area contributed by atoms with Crippen molar-refractivity contribution in [2.75, 3.05) is 5.32 Å². The number of nitrogens with zero attached hydrogens (tertiary/aromatic N) is 2. The van der Waals surface area contributed by atoms with Gasteiger partial charge in [0.2, 0.25) is 6.41 Å². The van der Waals surface area contributed by atoms with E-state index in [1.165, 1.54) is 5.56 Å². The Morgan fingerprint density at radius 3 is 2.71 bits per heavy atom. The molecule has 0 saturated carbocycles. The fourth-order valence-corrected chi connectivity index (χ4v) is 2.50. The summed E-state index contributed by atoms with van der Waals surface area (Å²) in [6.45, 7) is 4.13. The van der Waals surface area contributed by atoms with Gasteiger partial charge in [-0.3, -0.25) is 9.78 Å². The maximum Gasteiger partial charge on any atom is 0.212 e. The molecule has 0 bridgehead atoms. The highest BCUT2D eigenvalue weighted by molar-refractivity contribution is 5.92. The number of carbonyl (C=O) groups excluding carboxylic acids is 1. The fraction of sp³-hybridized carbons (Fsp3) is 0.118. The van der Waals surface area contributed by atoms with Crippen molar-refractivity contribution in [1.29, 1.82) is 0 Å². The van der Waals surface area contributed by atoms with Crippen LogP contribution in [-0.2, 0) is 4.79 Å². The minimum absolute atomic E-state index is 0.553. The molecule has 4 nitrogen and oxygen atoms in total. The van der Waals surface area contributed by atoms with Crippen molar-refractivity contribution >= 4 is 23.0 Å². The number of hydrogen-bond donors (Lipinski definition) is 1. The Hall–Kier alpha value is -2.75. The van der Waals surface area contributed by atoms with Crippen LogP contribution in [0.25, 0.3) is 21.9 Å². The average Bonchev–Trinajstić information content (AvgIpc) is 2.47. The lowest BCUT2D eigenvalue weighted by molar-refractivity contribution is -0.105. The van der Waals surface area contributed by atoms with Gasteiger partial charge in [0.15, 0.2) is 0 Å². The van der Waals surface area contributed by atoms with Crippen molar-refractivity contribution in [2.24, 2.45) is 0 Å². The molecule has 4 heteroatoms. The summed E-state index contributed by atoms with van der Waals surface area (Å²) in [5.74, 6) is 0.553. The summed E-state index contributed by atoms with van der Waals surface area (Å²) < 4.78 is 0. The van der Waals surface area contributed by atoms with E-state index in [1.807, 2.05) is 18.3 Å². The van der Waals surface area contributed by atoms with E-state index in [-0.39, 0.29) is 0 Å². The van der Waals surface area contributed by atoms with Crippen LogP contribution in [0, 0.1) is 13.8 Å². The molecule has 104 valence electrons. The van der Waals surface area contributed by atoms with E-state index in [2.05, 4.69) is 41.3 Å². The van der Waals surface area contributed by atoms with Crippen molar-refractivity contribution in [3.63, 3.8) is 0 Å². The van der Waals surface area contributed by atoms with Crippen LogP contribution in [0.3, 0.4) is 0 Å². The molecular weight excluding hydrogens is 262 g/mol. The zero-order valence-corrected chi connectivity index (χ0v) is 11.9. The summed E-state index contributed by atoms with van der Waals surface area (Å²) in [7, 11) is 0. The Kier molecular flexibility index (Phi) is 3.36. The molecule has 1 N–H and O–H groups in total. The maximum atomic E-state index is 10.6. The second-order valence-corrected chi connectivity index (χ2v) is 5.04. The zero-order chi connectivity index (χ0) is 14.8. The first-order valence-corrected chi connectivity index (χ1v) is 6.70. The lowest BCUT2D eigenvalue weighted by Gasteiger charge is -2.10. The molecule has 3 aromatic rings. The van der Waals surface area contributed by atoms with Gasteiger partial charge in [0.1, 0.15) is 5.82 Å². The minimum atomic E-state index is 0.553. The fourth-order valence-electron chi connectivity index (χ4n) is 2.50. The SMILES string of the molecule is Cc1ccncc1-c1cc(C)c2cnc(NC=O)cc2c1. The monoisotopic (exact) mass is 277 g/mol. The number of pyridine rings is 2. The molecule has 0 spiro atoms. The molecule has 0 fully saturated rings. The smallest absolute Gasteiger partial charge is 0.212 e. The third-order valence-electron chi connectivity index (χ3n) is 3.60. The molecule has 0 atom stereocenters. The van der Waals surface area contributed by atoms with Crippen LogP contribution in [0.1, 0.15) is 11.1 Å². The van der Waals surface area contributed by atoms with E-state index < -0.39 is 0 Å². The van der Waals surface area contributed by atoms with E-state index in [9.17, 15) is 4.79 Å². The molecule has 2 aromatic heterocycles. The van der Waals surface area contributed by atoms with Gasteiger partial charge in [0.05, 0.1) is 0 Å². The largest absolute Gasteiger partial charge is 0.313 e. The molecular formula is C17H15N3O. The van der Waals surface area contributed by atoms with E-state index in [1.54, 1.807) is 12.4 Å². The van der Waals surface area contributed by atoms with Crippen molar-refractivity contribution in [3.8, 4) is 11.1 Å². The number of aromatic nitrogens is 2. The third kappa shape index (κ3) is 2.48. The standard InChI is InChI=1S/C17H15N3O/c1-11-3-4-18-8-15(11)13-5-12(2)16-9-19-17(20-10-21)7-14(16)6-13/h3-10H,1-2H3,(H,19,20,21). The molecule has 3 rings (SSSR count). The van der Waals surface area contributed by atoms with Gasteiger partial charge in [-0.15, -0.1) is 0 Å². The highest BCUT2D eigenvalue weighted by atomic mass is 16.1. The molecule has 0 aliphatic rings. The van der Waals surface area contributed by atoms with E-state index in [0.29, 0.717) is 12.2 Å². The predicted molar refractivity (Wildman–Crippen MR) is 84.1 cm³/mol. The van der Waals surface area contributed by atoms with Gasteiger partial charge in [0.25, 0.3) is 0 Å². The number of carbonyl (C=O) groups is 1. The minimum Gasteiger partial charge on any atom is -0.313 e. The van der Waals surface area contributed by atoms with Crippen molar-refractivity contribution in [1.82, 2.24) is 9.97 Å². The first-order valence-electron chi connectivity index (χ1n) is 6.70. The van der Waals surface area contributed by atoms with Crippen LogP contribution >= 0.6 is 0 Å². The number of amides is 1. The molecule has 0 radical (unpaired) electrons. The van der Waals surface area contributed by atoms with Crippen LogP contribution in [0.5, 0.6) is 0 Å². The Balaban J connectivity index is 2.21. The number of aryl methyl sites for hydroxylation is 2. The van der Waals surface area contributed by atoms with Crippen LogP contribution in [0.2, 0.25) is 0 Å². The number of benzene rings is 1. The summed E-state index contributed by atoms with van der Waals surface area (Å²) in [5, 5.41) is 4.71. The first-order chi connectivity index (χ1) is 10.2. The normalized spacial score (nSPS) is 10.6. The van der Waals surface area contributed by atoms with Gasteiger partial charge in [-0.1, -0.05) is 6.07 Å². The second-order valence-electron chi connectivity index (χ2n) is 5.04. The third-order valence-corrected chi connectivity index (χ3v) is 3.60. The number of nitrogens with one attached hydrogen (secondary N) is 1. The molecule has 0 saturated heterocycles. The van der Waals surface area contributed by atoms with Crippen molar-refractivity contribution < 1.29 is 4.79 Å². The summed E-state index contributed by atoms with van der Waals surface area (Å²) in [6.07, 6.45) is 6.09. The van der Waals surface area contributed by atoms with E-state index in [4.69, 9.17) is 0 Å². The Morgan fingerprint density at radius 1 is 1.10 bits per heavy atom. The number of hydrogen-bond acceptors (Lipinski definition) is 3. The van der Waals surface area contributed by atoms with Crippen LogP contribution in [0.4, 0.5) is 5.82 Å². The van der Waals surface area contributed by atoms with Gasteiger partial charge >= 0.3 is 0 Å². The maximum absolute atomic E-state index is 10.6. The summed E-state index contributed by atoms with van der Waals surface area (Å²) in [5.41, 5.74) is 4.57. The summed E-state index contributed by atoms with van der Waals surface area (Å²) >= 11 is 0. The van der Waals surface area contributed by atoms with Crippen LogP contribution in [0.15, 0.2) is 42.9 Å². The Labute approximate surface area is 122 Å². The molecule has 0 aliphatic carbocycles. The van der Waals surface area contributed by atoms with Crippen LogP contribution in [-0.4, -0.2) is 16.4 Å². The number of anilines is 1.